The molecule has 0 bridgehead atoms. The normalized spacial score (nSPS) is 10.6. The van der Waals surface area contributed by atoms with E-state index in [1.807, 2.05) is 41.8 Å². The lowest BCUT2D eigenvalue weighted by atomic mass is 10.3. The number of aromatic nitrogens is 3. The van der Waals surface area contributed by atoms with Crippen molar-refractivity contribution in [1.29, 1.82) is 0 Å². The first kappa shape index (κ1) is 19.9. The number of para-hydroxylation sites is 1. The number of ether oxygens (including phenoxy) is 1. The average Bonchev–Trinajstić information content (AvgIpc) is 3.09. The molecule has 0 saturated heterocycles. The van der Waals surface area contributed by atoms with Gasteiger partial charge in [0.1, 0.15) is 17.4 Å². The number of anilines is 1. The Morgan fingerprint density at radius 1 is 1.14 bits per heavy atom. The molecule has 0 aliphatic rings. The van der Waals surface area contributed by atoms with Gasteiger partial charge in [-0.25, -0.2) is 4.39 Å². The molecular formula is C20H21FN4O2S. The van der Waals surface area contributed by atoms with E-state index in [-0.39, 0.29) is 18.1 Å². The third-order valence-corrected chi connectivity index (χ3v) is 4.81. The summed E-state index contributed by atoms with van der Waals surface area (Å²) in [6.45, 7) is 3.19. The summed E-state index contributed by atoms with van der Waals surface area (Å²) in [6.07, 6.45) is 0.0965. The van der Waals surface area contributed by atoms with E-state index < -0.39 is 0 Å². The molecule has 3 rings (SSSR count). The number of nitrogens with zero attached hydrogens (tertiary/aromatic N) is 3. The molecular weight excluding hydrogens is 379 g/mol. The van der Waals surface area contributed by atoms with Crippen molar-refractivity contribution in [3.8, 4) is 5.75 Å². The lowest BCUT2D eigenvalue weighted by Gasteiger charge is -2.09. The van der Waals surface area contributed by atoms with Gasteiger partial charge in [0.2, 0.25) is 5.91 Å². The fraction of sp³-hybridized carbons (Fsp3) is 0.250. The monoisotopic (exact) mass is 400 g/mol. The van der Waals surface area contributed by atoms with Gasteiger partial charge in [-0.05, 0) is 43.3 Å². The van der Waals surface area contributed by atoms with Crippen LogP contribution in [0.25, 0.3) is 0 Å². The molecule has 1 N–H and O–H groups in total. The third kappa shape index (κ3) is 5.56. The van der Waals surface area contributed by atoms with Crippen molar-refractivity contribution in [2.45, 2.75) is 25.0 Å². The van der Waals surface area contributed by atoms with E-state index in [0.29, 0.717) is 24.7 Å². The van der Waals surface area contributed by atoms with Gasteiger partial charge < -0.3 is 14.6 Å². The van der Waals surface area contributed by atoms with Crippen LogP contribution in [-0.2, 0) is 17.8 Å². The van der Waals surface area contributed by atoms with Crippen LogP contribution in [0.5, 0.6) is 5.75 Å². The smallest absolute Gasteiger partial charge is 0.232 e. The Hall–Kier alpha value is -2.87. The maximum absolute atomic E-state index is 13.0. The highest BCUT2D eigenvalue weighted by atomic mass is 32.2. The van der Waals surface area contributed by atoms with Crippen LogP contribution in [0.2, 0.25) is 0 Å². The zero-order valence-corrected chi connectivity index (χ0v) is 16.3. The van der Waals surface area contributed by atoms with Crippen molar-refractivity contribution < 1.29 is 13.9 Å². The molecule has 2 aromatic carbocycles. The predicted octanol–water partition coefficient (Wildman–Crippen LogP) is 3.79. The minimum Gasteiger partial charge on any atom is -0.493 e. The van der Waals surface area contributed by atoms with E-state index in [1.54, 1.807) is 0 Å². The summed E-state index contributed by atoms with van der Waals surface area (Å²) in [6, 6.07) is 15.3. The second-order valence-electron chi connectivity index (χ2n) is 5.88. The molecule has 0 atom stereocenters. The van der Waals surface area contributed by atoms with Gasteiger partial charge in [-0.1, -0.05) is 30.0 Å². The van der Waals surface area contributed by atoms with Crippen molar-refractivity contribution in [3.05, 3.63) is 66.2 Å². The second-order valence-corrected chi connectivity index (χ2v) is 6.95. The second kappa shape index (κ2) is 9.89. The van der Waals surface area contributed by atoms with Gasteiger partial charge in [0.25, 0.3) is 0 Å². The van der Waals surface area contributed by atoms with E-state index >= 15 is 0 Å². The van der Waals surface area contributed by atoms with Crippen LogP contribution in [0.4, 0.5) is 10.1 Å². The highest BCUT2D eigenvalue weighted by Crippen LogP contribution is 2.18. The number of carbonyl (C=O) groups is 1. The van der Waals surface area contributed by atoms with Crippen LogP contribution < -0.4 is 10.1 Å². The Balaban J connectivity index is 1.52. The summed E-state index contributed by atoms with van der Waals surface area (Å²) in [5, 5.41) is 11.8. The number of benzene rings is 2. The van der Waals surface area contributed by atoms with Gasteiger partial charge in [0, 0.05) is 18.0 Å². The van der Waals surface area contributed by atoms with Crippen LogP contribution in [0.15, 0.2) is 59.8 Å². The van der Waals surface area contributed by atoms with Crippen LogP contribution in [0, 0.1) is 5.82 Å². The number of carbonyl (C=O) groups excluding carboxylic acids is 1. The Labute approximate surface area is 167 Å². The van der Waals surface area contributed by atoms with Crippen molar-refractivity contribution in [1.82, 2.24) is 14.8 Å². The number of hydrogen-bond donors (Lipinski definition) is 1. The highest BCUT2D eigenvalue weighted by molar-refractivity contribution is 7.99. The first-order valence-electron chi connectivity index (χ1n) is 8.94. The van der Waals surface area contributed by atoms with Crippen molar-refractivity contribution in [3.63, 3.8) is 0 Å². The minimum absolute atomic E-state index is 0.0965. The number of thioether (sulfide) groups is 1. The van der Waals surface area contributed by atoms with E-state index in [1.165, 1.54) is 36.0 Å². The van der Waals surface area contributed by atoms with Crippen molar-refractivity contribution in [2.24, 2.45) is 0 Å². The Bertz CT molecular complexity index is 900. The first-order chi connectivity index (χ1) is 13.7. The van der Waals surface area contributed by atoms with Crippen LogP contribution in [0.3, 0.4) is 0 Å². The largest absolute Gasteiger partial charge is 0.493 e. The molecule has 1 heterocycles. The maximum Gasteiger partial charge on any atom is 0.232 e. The van der Waals surface area contributed by atoms with Crippen molar-refractivity contribution >= 4 is 23.4 Å². The van der Waals surface area contributed by atoms with Gasteiger partial charge in [0.15, 0.2) is 5.16 Å². The molecule has 146 valence electrons. The number of hydrogen-bond acceptors (Lipinski definition) is 5. The lowest BCUT2D eigenvalue weighted by molar-refractivity contribution is -0.115. The summed E-state index contributed by atoms with van der Waals surface area (Å²) in [5.74, 6) is 1.57. The molecule has 1 aromatic heterocycles. The Morgan fingerprint density at radius 3 is 2.61 bits per heavy atom. The summed E-state index contributed by atoms with van der Waals surface area (Å²) in [7, 11) is 0. The van der Waals surface area contributed by atoms with Gasteiger partial charge in [0.05, 0.1) is 13.0 Å². The molecule has 0 aliphatic carbocycles. The number of halogens is 1. The number of nitrogens with one attached hydrogen (secondary N) is 1. The molecule has 0 aliphatic heterocycles. The molecule has 6 nitrogen and oxygen atoms in total. The molecule has 0 spiro atoms. The van der Waals surface area contributed by atoms with Gasteiger partial charge in [-0.3, -0.25) is 4.79 Å². The van der Waals surface area contributed by atoms with E-state index in [9.17, 15) is 9.18 Å². The molecule has 0 radical (unpaired) electrons. The number of rotatable bonds is 9. The fourth-order valence-corrected chi connectivity index (χ4v) is 3.40. The van der Waals surface area contributed by atoms with E-state index in [2.05, 4.69) is 15.5 Å². The lowest BCUT2D eigenvalue weighted by Crippen LogP contribution is -2.17. The summed E-state index contributed by atoms with van der Waals surface area (Å²) < 4.78 is 20.5. The summed E-state index contributed by atoms with van der Waals surface area (Å²) in [5.41, 5.74) is 0.543. The summed E-state index contributed by atoms with van der Waals surface area (Å²) >= 11 is 1.54. The molecule has 0 saturated carbocycles. The Kier molecular flexibility index (Phi) is 7.02. The molecule has 1 amide bonds. The average molecular weight is 400 g/mol. The van der Waals surface area contributed by atoms with E-state index in [0.717, 1.165) is 16.7 Å². The Morgan fingerprint density at radius 2 is 1.89 bits per heavy atom. The molecule has 3 aromatic rings. The zero-order valence-electron chi connectivity index (χ0n) is 15.5. The van der Waals surface area contributed by atoms with Gasteiger partial charge in [-0.15, -0.1) is 10.2 Å². The molecule has 0 fully saturated rings. The van der Waals surface area contributed by atoms with Gasteiger partial charge in [-0.2, -0.15) is 0 Å². The zero-order chi connectivity index (χ0) is 19.8. The van der Waals surface area contributed by atoms with Gasteiger partial charge >= 0.3 is 0 Å². The molecule has 28 heavy (non-hydrogen) atoms. The topological polar surface area (TPSA) is 69.0 Å². The fourth-order valence-electron chi connectivity index (χ4n) is 2.57. The predicted molar refractivity (Wildman–Crippen MR) is 107 cm³/mol. The van der Waals surface area contributed by atoms with Crippen molar-refractivity contribution in [2.75, 3.05) is 17.7 Å². The third-order valence-electron chi connectivity index (χ3n) is 3.88. The first-order valence-corrected chi connectivity index (χ1v) is 9.92. The SMILES string of the molecule is CCn1c(CC(=O)Nc2ccc(F)cc2)nnc1SCCOc1ccccc1. The standard InChI is InChI=1S/C20H21FN4O2S/c1-2-25-18(14-19(26)22-16-10-8-15(21)9-11-16)23-24-20(25)28-13-12-27-17-6-4-3-5-7-17/h3-11H,2,12-14H2,1H3,(H,22,26). The van der Waals surface area contributed by atoms with Crippen LogP contribution in [-0.4, -0.2) is 33.0 Å². The quantitative estimate of drug-likeness (QED) is 0.437. The molecule has 0 unspecified atom stereocenters. The van der Waals surface area contributed by atoms with Crippen LogP contribution >= 0.6 is 11.8 Å². The van der Waals surface area contributed by atoms with Crippen LogP contribution in [0.1, 0.15) is 12.7 Å². The maximum atomic E-state index is 13.0. The molecule has 8 heteroatoms. The van der Waals surface area contributed by atoms with E-state index in [4.69, 9.17) is 4.74 Å². The highest BCUT2D eigenvalue weighted by Gasteiger charge is 2.15. The summed E-state index contributed by atoms with van der Waals surface area (Å²) in [4.78, 5) is 12.2. The number of amides is 1. The minimum atomic E-state index is -0.346.